The molecule has 0 unspecified atom stereocenters. The SMILES string of the molecule is CCOC(=O)c1nc2ccccc2cc1-c1c(Cl)cccc1C1CCCC1. The fourth-order valence-corrected chi connectivity index (χ4v) is 4.35. The summed E-state index contributed by atoms with van der Waals surface area (Å²) >= 11 is 6.67. The van der Waals surface area contributed by atoms with Crippen LogP contribution in [0.4, 0.5) is 0 Å². The molecule has 0 radical (unpaired) electrons. The number of hydrogen-bond acceptors (Lipinski definition) is 3. The monoisotopic (exact) mass is 379 g/mol. The van der Waals surface area contributed by atoms with Crippen LogP contribution in [0.2, 0.25) is 5.02 Å². The Bertz CT molecular complexity index is 993. The van der Waals surface area contributed by atoms with Crippen molar-refractivity contribution in [1.82, 2.24) is 4.98 Å². The normalized spacial score (nSPS) is 14.6. The second-order valence-corrected chi connectivity index (χ2v) is 7.39. The van der Waals surface area contributed by atoms with Crippen LogP contribution < -0.4 is 0 Å². The first-order valence-corrected chi connectivity index (χ1v) is 9.92. The summed E-state index contributed by atoms with van der Waals surface area (Å²) in [6.45, 7) is 2.11. The minimum Gasteiger partial charge on any atom is -0.461 e. The summed E-state index contributed by atoms with van der Waals surface area (Å²) in [7, 11) is 0. The summed E-state index contributed by atoms with van der Waals surface area (Å²) in [5.41, 5.74) is 4.01. The molecule has 1 aliphatic carbocycles. The number of ether oxygens (including phenoxy) is 1. The van der Waals surface area contributed by atoms with E-state index in [2.05, 4.69) is 11.1 Å². The number of carbonyl (C=O) groups excluding carboxylic acids is 1. The number of pyridine rings is 1. The third-order valence-electron chi connectivity index (χ3n) is 5.30. The lowest BCUT2D eigenvalue weighted by atomic mass is 9.88. The fraction of sp³-hybridized carbons (Fsp3) is 0.304. The fourth-order valence-electron chi connectivity index (χ4n) is 4.06. The molecule has 2 aromatic carbocycles. The van der Waals surface area contributed by atoms with Crippen molar-refractivity contribution in [2.24, 2.45) is 0 Å². The molecular weight excluding hydrogens is 358 g/mol. The Morgan fingerprint density at radius 2 is 1.93 bits per heavy atom. The topological polar surface area (TPSA) is 39.2 Å². The number of rotatable bonds is 4. The predicted molar refractivity (Wildman–Crippen MR) is 109 cm³/mol. The van der Waals surface area contributed by atoms with E-state index >= 15 is 0 Å². The van der Waals surface area contributed by atoms with Gasteiger partial charge in [-0.1, -0.05) is 54.8 Å². The van der Waals surface area contributed by atoms with Gasteiger partial charge in [0.15, 0.2) is 5.69 Å². The van der Waals surface area contributed by atoms with Crippen LogP contribution >= 0.6 is 11.6 Å². The van der Waals surface area contributed by atoms with E-state index < -0.39 is 5.97 Å². The standard InChI is InChI=1S/C23H22ClNO2/c1-2-27-23(26)22-18(14-16-10-5-6-13-20(16)25-22)21-17(11-7-12-19(21)24)15-8-3-4-9-15/h5-7,10-15H,2-4,8-9H2,1H3. The van der Waals surface area contributed by atoms with E-state index in [0.29, 0.717) is 23.2 Å². The van der Waals surface area contributed by atoms with Gasteiger partial charge in [-0.15, -0.1) is 0 Å². The van der Waals surface area contributed by atoms with E-state index in [1.165, 1.54) is 18.4 Å². The molecule has 0 spiro atoms. The Kier molecular flexibility index (Phi) is 5.13. The zero-order chi connectivity index (χ0) is 18.8. The van der Waals surface area contributed by atoms with Crippen LogP contribution in [0.1, 0.15) is 54.6 Å². The maximum Gasteiger partial charge on any atom is 0.357 e. The van der Waals surface area contributed by atoms with E-state index in [-0.39, 0.29) is 0 Å². The molecule has 0 amide bonds. The third-order valence-corrected chi connectivity index (χ3v) is 5.62. The quantitative estimate of drug-likeness (QED) is 0.493. The van der Waals surface area contributed by atoms with Gasteiger partial charge in [-0.05, 0) is 49.4 Å². The molecule has 1 aromatic heterocycles. The van der Waals surface area contributed by atoms with Gasteiger partial charge in [0.1, 0.15) is 0 Å². The van der Waals surface area contributed by atoms with Crippen LogP contribution in [0.3, 0.4) is 0 Å². The Morgan fingerprint density at radius 1 is 1.15 bits per heavy atom. The number of halogens is 1. The van der Waals surface area contributed by atoms with Crippen molar-refractivity contribution >= 4 is 28.5 Å². The summed E-state index contributed by atoms with van der Waals surface area (Å²) in [5, 5.41) is 1.64. The number of esters is 1. The van der Waals surface area contributed by atoms with E-state index in [4.69, 9.17) is 16.3 Å². The van der Waals surface area contributed by atoms with Crippen molar-refractivity contribution < 1.29 is 9.53 Å². The van der Waals surface area contributed by atoms with E-state index in [9.17, 15) is 4.79 Å². The summed E-state index contributed by atoms with van der Waals surface area (Å²) in [6, 6.07) is 15.9. The lowest BCUT2D eigenvalue weighted by Crippen LogP contribution is -2.10. The molecule has 0 bridgehead atoms. The van der Waals surface area contributed by atoms with E-state index in [0.717, 1.165) is 34.9 Å². The first-order chi connectivity index (χ1) is 13.2. The minimum atomic E-state index is -0.407. The number of carbonyl (C=O) groups is 1. The molecule has 0 N–H and O–H groups in total. The lowest BCUT2D eigenvalue weighted by Gasteiger charge is -2.19. The smallest absolute Gasteiger partial charge is 0.357 e. The van der Waals surface area contributed by atoms with Crippen molar-refractivity contribution in [1.29, 1.82) is 0 Å². The first kappa shape index (κ1) is 18.0. The van der Waals surface area contributed by atoms with Crippen LogP contribution in [0.5, 0.6) is 0 Å². The molecular formula is C23H22ClNO2. The zero-order valence-electron chi connectivity index (χ0n) is 15.4. The molecule has 0 aliphatic heterocycles. The van der Waals surface area contributed by atoms with Gasteiger partial charge in [-0.25, -0.2) is 9.78 Å². The molecule has 27 heavy (non-hydrogen) atoms. The van der Waals surface area contributed by atoms with Gasteiger partial charge in [-0.3, -0.25) is 0 Å². The summed E-state index contributed by atoms with van der Waals surface area (Å²) in [6.07, 6.45) is 4.78. The number of nitrogens with zero attached hydrogens (tertiary/aromatic N) is 1. The molecule has 3 nitrogen and oxygen atoms in total. The molecule has 1 fully saturated rings. The van der Waals surface area contributed by atoms with Crippen LogP contribution in [0.25, 0.3) is 22.0 Å². The Hall–Kier alpha value is -2.39. The molecule has 4 rings (SSSR count). The molecule has 4 heteroatoms. The van der Waals surface area contributed by atoms with Gasteiger partial charge >= 0.3 is 5.97 Å². The van der Waals surface area contributed by atoms with Crippen LogP contribution in [0, 0.1) is 0 Å². The second kappa shape index (κ2) is 7.69. The Balaban J connectivity index is 1.98. The Morgan fingerprint density at radius 3 is 2.70 bits per heavy atom. The first-order valence-electron chi connectivity index (χ1n) is 9.54. The maximum atomic E-state index is 12.7. The van der Waals surface area contributed by atoms with E-state index in [1.54, 1.807) is 6.92 Å². The van der Waals surface area contributed by atoms with Gasteiger partial charge in [0.25, 0.3) is 0 Å². The number of para-hydroxylation sites is 1. The average Bonchev–Trinajstić information content (AvgIpc) is 3.21. The summed E-state index contributed by atoms with van der Waals surface area (Å²) in [5.74, 6) is 0.0655. The molecule has 1 heterocycles. The van der Waals surface area contributed by atoms with Crippen LogP contribution in [0.15, 0.2) is 48.5 Å². The molecule has 0 saturated heterocycles. The lowest BCUT2D eigenvalue weighted by molar-refractivity contribution is 0.0521. The van der Waals surface area contributed by atoms with Crippen molar-refractivity contribution in [3.63, 3.8) is 0 Å². The highest BCUT2D eigenvalue weighted by atomic mass is 35.5. The van der Waals surface area contributed by atoms with Crippen molar-refractivity contribution in [2.45, 2.75) is 38.5 Å². The molecule has 0 atom stereocenters. The number of aromatic nitrogens is 1. The molecule has 1 aliphatic rings. The van der Waals surface area contributed by atoms with Crippen molar-refractivity contribution in [2.75, 3.05) is 6.61 Å². The van der Waals surface area contributed by atoms with Gasteiger partial charge in [-0.2, -0.15) is 0 Å². The predicted octanol–water partition coefficient (Wildman–Crippen LogP) is 6.39. The molecule has 3 aromatic rings. The van der Waals surface area contributed by atoms with Crippen LogP contribution in [-0.2, 0) is 4.74 Å². The Labute approximate surface area is 164 Å². The number of fused-ring (bicyclic) bond motifs is 1. The highest BCUT2D eigenvalue weighted by Gasteiger charge is 2.26. The summed E-state index contributed by atoms with van der Waals surface area (Å²) < 4.78 is 5.30. The van der Waals surface area contributed by atoms with Crippen molar-refractivity contribution in [3.8, 4) is 11.1 Å². The van der Waals surface area contributed by atoms with E-state index in [1.807, 2.05) is 42.5 Å². The minimum absolute atomic E-state index is 0.310. The third kappa shape index (κ3) is 3.44. The van der Waals surface area contributed by atoms with Gasteiger partial charge in [0.05, 0.1) is 12.1 Å². The highest BCUT2D eigenvalue weighted by molar-refractivity contribution is 6.33. The number of hydrogen-bond donors (Lipinski definition) is 0. The van der Waals surface area contributed by atoms with Crippen LogP contribution in [-0.4, -0.2) is 17.6 Å². The largest absolute Gasteiger partial charge is 0.461 e. The second-order valence-electron chi connectivity index (χ2n) is 6.98. The van der Waals surface area contributed by atoms with Crippen molar-refractivity contribution in [3.05, 3.63) is 64.8 Å². The highest BCUT2D eigenvalue weighted by Crippen LogP contribution is 2.43. The molecule has 138 valence electrons. The maximum absolute atomic E-state index is 12.7. The van der Waals surface area contributed by atoms with Gasteiger partial charge in [0, 0.05) is 21.5 Å². The molecule has 1 saturated carbocycles. The van der Waals surface area contributed by atoms with Gasteiger partial charge in [0.2, 0.25) is 0 Å². The number of benzene rings is 2. The van der Waals surface area contributed by atoms with Gasteiger partial charge < -0.3 is 4.74 Å². The summed E-state index contributed by atoms with van der Waals surface area (Å²) in [4.78, 5) is 17.3. The average molecular weight is 380 g/mol. The zero-order valence-corrected chi connectivity index (χ0v) is 16.1.